The number of carbonyl (C=O) groups excluding carboxylic acids is 2. The number of likely N-dealkylation sites (N-methyl/N-ethyl adjacent to an activating group) is 1. The topological polar surface area (TPSA) is 78.4 Å². The number of pyridine rings is 1. The molecule has 0 bridgehead atoms. The SMILES string of the molecule is CCN1CCc2nc3ccccc3c(C(=O)Nc3nc4c(s3)CN(C(=O)c3ccccc3)CC4)c2C1. The number of para-hydroxylation sites is 1. The molecule has 0 saturated heterocycles. The highest BCUT2D eigenvalue weighted by molar-refractivity contribution is 7.15. The third-order valence-electron chi connectivity index (χ3n) is 7.06. The van der Waals surface area contributed by atoms with Crippen molar-refractivity contribution in [1.82, 2.24) is 19.8 Å². The molecule has 182 valence electrons. The summed E-state index contributed by atoms with van der Waals surface area (Å²) in [7, 11) is 0. The molecule has 0 radical (unpaired) electrons. The van der Waals surface area contributed by atoms with Crippen LogP contribution in [0.15, 0.2) is 54.6 Å². The molecule has 0 aliphatic carbocycles. The van der Waals surface area contributed by atoms with Crippen LogP contribution in [0.3, 0.4) is 0 Å². The van der Waals surface area contributed by atoms with Crippen molar-refractivity contribution in [2.45, 2.75) is 32.9 Å². The summed E-state index contributed by atoms with van der Waals surface area (Å²) in [5, 5.41) is 4.53. The molecule has 1 N–H and O–H groups in total. The molecule has 2 aliphatic rings. The second kappa shape index (κ2) is 9.44. The van der Waals surface area contributed by atoms with Gasteiger partial charge in [-0.05, 0) is 24.7 Å². The minimum Gasteiger partial charge on any atom is -0.333 e. The number of amides is 2. The van der Waals surface area contributed by atoms with Crippen molar-refractivity contribution in [3.05, 3.63) is 87.6 Å². The normalized spacial score (nSPS) is 15.4. The minimum atomic E-state index is -0.147. The molecule has 0 saturated carbocycles. The smallest absolute Gasteiger partial charge is 0.258 e. The van der Waals surface area contributed by atoms with Crippen molar-refractivity contribution < 1.29 is 9.59 Å². The first-order chi connectivity index (χ1) is 17.6. The number of nitrogens with one attached hydrogen (secondary N) is 1. The number of benzene rings is 2. The van der Waals surface area contributed by atoms with Crippen molar-refractivity contribution >= 4 is 39.2 Å². The van der Waals surface area contributed by atoms with E-state index < -0.39 is 0 Å². The lowest BCUT2D eigenvalue weighted by atomic mass is 9.95. The molecule has 0 fully saturated rings. The first kappa shape index (κ1) is 22.8. The Morgan fingerprint density at radius 2 is 1.72 bits per heavy atom. The Kier molecular flexibility index (Phi) is 5.99. The number of hydrogen-bond donors (Lipinski definition) is 1. The maximum Gasteiger partial charge on any atom is 0.258 e. The fourth-order valence-electron chi connectivity index (χ4n) is 5.12. The first-order valence-corrected chi connectivity index (χ1v) is 13.2. The van der Waals surface area contributed by atoms with Crippen LogP contribution < -0.4 is 5.32 Å². The van der Waals surface area contributed by atoms with E-state index in [0.717, 1.165) is 58.8 Å². The molecule has 2 aliphatic heterocycles. The summed E-state index contributed by atoms with van der Waals surface area (Å²) < 4.78 is 0. The van der Waals surface area contributed by atoms with Crippen LogP contribution in [0.4, 0.5) is 5.13 Å². The van der Waals surface area contributed by atoms with Crippen LogP contribution in [0.25, 0.3) is 10.9 Å². The molecule has 8 heteroatoms. The molecule has 0 spiro atoms. The maximum absolute atomic E-state index is 13.7. The van der Waals surface area contributed by atoms with E-state index in [9.17, 15) is 9.59 Å². The lowest BCUT2D eigenvalue weighted by Gasteiger charge is -2.29. The molecule has 2 aromatic heterocycles. The zero-order valence-electron chi connectivity index (χ0n) is 20.2. The van der Waals surface area contributed by atoms with E-state index in [2.05, 4.69) is 17.1 Å². The van der Waals surface area contributed by atoms with Crippen molar-refractivity contribution in [2.24, 2.45) is 0 Å². The summed E-state index contributed by atoms with van der Waals surface area (Å²) in [5.74, 6) is -0.123. The molecule has 0 atom stereocenters. The number of rotatable bonds is 4. The van der Waals surface area contributed by atoms with Crippen LogP contribution in [0.2, 0.25) is 0 Å². The molecular formula is C28H27N5O2S. The highest BCUT2D eigenvalue weighted by Gasteiger charge is 2.28. The third-order valence-corrected chi connectivity index (χ3v) is 8.06. The first-order valence-electron chi connectivity index (χ1n) is 12.4. The van der Waals surface area contributed by atoms with E-state index in [0.29, 0.717) is 35.8 Å². The van der Waals surface area contributed by atoms with Gasteiger partial charge in [0.15, 0.2) is 5.13 Å². The molecule has 0 unspecified atom stereocenters. The van der Waals surface area contributed by atoms with Gasteiger partial charge in [-0.3, -0.25) is 24.8 Å². The van der Waals surface area contributed by atoms with E-state index in [4.69, 9.17) is 9.97 Å². The fraction of sp³-hybridized carbons (Fsp3) is 0.286. The van der Waals surface area contributed by atoms with Gasteiger partial charge in [-0.25, -0.2) is 4.98 Å². The number of anilines is 1. The average Bonchev–Trinajstić information content (AvgIpc) is 3.32. The number of aromatic nitrogens is 2. The summed E-state index contributed by atoms with van der Waals surface area (Å²) in [6.07, 6.45) is 1.52. The zero-order chi connectivity index (χ0) is 24.6. The Balaban J connectivity index is 1.28. The highest BCUT2D eigenvalue weighted by Crippen LogP contribution is 2.32. The van der Waals surface area contributed by atoms with Gasteiger partial charge in [0.2, 0.25) is 0 Å². The number of hydrogen-bond acceptors (Lipinski definition) is 6. The number of nitrogens with zero attached hydrogens (tertiary/aromatic N) is 4. The van der Waals surface area contributed by atoms with Crippen LogP contribution in [0.1, 0.15) is 49.5 Å². The Morgan fingerprint density at radius 3 is 2.56 bits per heavy atom. The molecule has 7 nitrogen and oxygen atoms in total. The second-order valence-electron chi connectivity index (χ2n) is 9.23. The third kappa shape index (κ3) is 4.16. The molecule has 4 aromatic rings. The van der Waals surface area contributed by atoms with Gasteiger partial charge >= 0.3 is 0 Å². The van der Waals surface area contributed by atoms with Crippen molar-refractivity contribution in [2.75, 3.05) is 25.0 Å². The standard InChI is InChI=1S/C28H27N5O2S/c1-2-32-14-12-22-20(16-32)25(19-10-6-7-11-21(19)29-22)26(34)31-28-30-23-13-15-33(17-24(23)36-28)27(35)18-8-4-3-5-9-18/h3-11H,2,12-17H2,1H3,(H,30,31,34). The largest absolute Gasteiger partial charge is 0.333 e. The van der Waals surface area contributed by atoms with Crippen LogP contribution in [-0.2, 0) is 25.9 Å². The molecule has 4 heterocycles. The van der Waals surface area contributed by atoms with E-state index in [1.54, 1.807) is 0 Å². The average molecular weight is 498 g/mol. The van der Waals surface area contributed by atoms with Gasteiger partial charge in [0.25, 0.3) is 11.8 Å². The Morgan fingerprint density at radius 1 is 0.944 bits per heavy atom. The molecule has 2 aromatic carbocycles. The Hall–Kier alpha value is -3.62. The predicted molar refractivity (Wildman–Crippen MR) is 141 cm³/mol. The lowest BCUT2D eigenvalue weighted by molar-refractivity contribution is 0.0736. The Bertz CT molecular complexity index is 1470. The van der Waals surface area contributed by atoms with E-state index >= 15 is 0 Å². The molecule has 2 amide bonds. The maximum atomic E-state index is 13.7. The van der Waals surface area contributed by atoms with Gasteiger partial charge in [0, 0.05) is 59.6 Å². The van der Waals surface area contributed by atoms with E-state index in [1.165, 1.54) is 11.3 Å². The molecule has 6 rings (SSSR count). The van der Waals surface area contributed by atoms with Gasteiger partial charge in [-0.1, -0.05) is 54.7 Å². The van der Waals surface area contributed by atoms with E-state index in [-0.39, 0.29) is 11.8 Å². The summed E-state index contributed by atoms with van der Waals surface area (Å²) in [4.78, 5) is 41.5. The number of thiazole rings is 1. The van der Waals surface area contributed by atoms with Crippen LogP contribution >= 0.6 is 11.3 Å². The summed E-state index contributed by atoms with van der Waals surface area (Å²) in [6, 6.07) is 17.2. The lowest BCUT2D eigenvalue weighted by Crippen LogP contribution is -2.35. The van der Waals surface area contributed by atoms with Gasteiger partial charge in [0.05, 0.1) is 23.3 Å². The van der Waals surface area contributed by atoms with Crippen molar-refractivity contribution in [3.63, 3.8) is 0 Å². The highest BCUT2D eigenvalue weighted by atomic mass is 32.1. The number of carbonyl (C=O) groups is 2. The van der Waals surface area contributed by atoms with Gasteiger partial charge in [-0.2, -0.15) is 0 Å². The summed E-state index contributed by atoms with van der Waals surface area (Å²) in [5.41, 5.74) is 5.22. The number of fused-ring (bicyclic) bond motifs is 3. The van der Waals surface area contributed by atoms with Gasteiger partial charge in [-0.15, -0.1) is 0 Å². The van der Waals surface area contributed by atoms with Crippen LogP contribution in [0.5, 0.6) is 0 Å². The van der Waals surface area contributed by atoms with Crippen LogP contribution in [0, 0.1) is 0 Å². The Labute approximate surface area is 213 Å². The quantitative estimate of drug-likeness (QED) is 0.449. The van der Waals surface area contributed by atoms with Crippen LogP contribution in [-0.4, -0.2) is 51.2 Å². The van der Waals surface area contributed by atoms with Gasteiger partial charge < -0.3 is 4.90 Å². The second-order valence-corrected chi connectivity index (χ2v) is 10.3. The zero-order valence-corrected chi connectivity index (χ0v) is 21.0. The van der Waals surface area contributed by atoms with Crippen molar-refractivity contribution in [1.29, 1.82) is 0 Å². The minimum absolute atomic E-state index is 0.0237. The predicted octanol–water partition coefficient (Wildman–Crippen LogP) is 4.52. The summed E-state index contributed by atoms with van der Waals surface area (Å²) in [6.45, 7) is 5.88. The fourth-order valence-corrected chi connectivity index (χ4v) is 6.14. The molecular weight excluding hydrogens is 470 g/mol. The molecule has 36 heavy (non-hydrogen) atoms. The van der Waals surface area contributed by atoms with E-state index in [1.807, 2.05) is 59.5 Å². The summed E-state index contributed by atoms with van der Waals surface area (Å²) >= 11 is 1.46. The van der Waals surface area contributed by atoms with Crippen molar-refractivity contribution in [3.8, 4) is 0 Å². The van der Waals surface area contributed by atoms with Gasteiger partial charge in [0.1, 0.15) is 0 Å². The monoisotopic (exact) mass is 497 g/mol.